The van der Waals surface area contributed by atoms with Gasteiger partial charge in [-0.3, -0.25) is 14.9 Å². The van der Waals surface area contributed by atoms with E-state index in [1.54, 1.807) is 32.3 Å². The van der Waals surface area contributed by atoms with Crippen LogP contribution in [0.15, 0.2) is 46.2 Å². The maximum absolute atomic E-state index is 12.5. The number of benzene rings is 2. The molecule has 9 heteroatoms. The number of nitro benzene ring substituents is 1. The fourth-order valence-corrected chi connectivity index (χ4v) is 3.26. The Morgan fingerprint density at radius 1 is 1.27 bits per heavy atom. The highest BCUT2D eigenvalue weighted by molar-refractivity contribution is 7.99. The first-order valence-corrected chi connectivity index (χ1v) is 8.69. The van der Waals surface area contributed by atoms with E-state index in [0.717, 1.165) is 11.8 Å². The molecule has 0 heterocycles. The number of hydrogen-bond donors (Lipinski definition) is 0. The van der Waals surface area contributed by atoms with E-state index in [9.17, 15) is 19.3 Å². The second-order valence-corrected chi connectivity index (χ2v) is 6.89. The number of hydrogen-bond acceptors (Lipinski definition) is 5. The summed E-state index contributed by atoms with van der Waals surface area (Å²) < 4.78 is 17.5. The number of alkyl halides is 1. The first kappa shape index (κ1) is 20.0. The maximum atomic E-state index is 12.5. The fraction of sp³-hybridized carbons (Fsp3) is 0.235. The lowest BCUT2D eigenvalue weighted by Crippen LogP contribution is -2.22. The highest BCUT2D eigenvalue weighted by Crippen LogP contribution is 2.39. The summed E-state index contributed by atoms with van der Waals surface area (Å²) in [6, 6.07) is 9.04. The van der Waals surface area contributed by atoms with Crippen LogP contribution in [0.3, 0.4) is 0 Å². The lowest BCUT2D eigenvalue weighted by atomic mass is 10.2. The minimum absolute atomic E-state index is 0.120. The van der Waals surface area contributed by atoms with Crippen LogP contribution in [0, 0.1) is 10.1 Å². The summed E-state index contributed by atoms with van der Waals surface area (Å²) in [4.78, 5) is 25.5. The van der Waals surface area contributed by atoms with Gasteiger partial charge in [-0.15, -0.1) is 0 Å². The number of rotatable bonds is 7. The van der Waals surface area contributed by atoms with E-state index in [0.29, 0.717) is 21.1 Å². The standard InChI is InChI=1S/C17H16ClFN2O4S/c1-20(2)17(22)13-10-12(25-8-7-19)4-6-15(13)26-16-5-3-11(18)9-14(16)21(23)24/h3-6,9-10H,7-8H2,1-2H3. The third-order valence-electron chi connectivity index (χ3n) is 3.27. The number of halogens is 2. The number of carbonyl (C=O) groups excluding carboxylic acids is 1. The van der Waals surface area contributed by atoms with Crippen molar-refractivity contribution in [2.75, 3.05) is 27.4 Å². The molecule has 0 bridgehead atoms. The fourth-order valence-electron chi connectivity index (χ4n) is 2.09. The second kappa shape index (κ2) is 8.86. The van der Waals surface area contributed by atoms with Gasteiger partial charge in [0.15, 0.2) is 0 Å². The normalized spacial score (nSPS) is 10.5. The van der Waals surface area contributed by atoms with E-state index < -0.39 is 11.6 Å². The molecule has 138 valence electrons. The Bertz CT molecular complexity index is 832. The van der Waals surface area contributed by atoms with Gasteiger partial charge in [-0.1, -0.05) is 23.4 Å². The van der Waals surface area contributed by atoms with E-state index >= 15 is 0 Å². The molecule has 2 aromatic carbocycles. The molecule has 6 nitrogen and oxygen atoms in total. The van der Waals surface area contributed by atoms with Crippen molar-refractivity contribution in [1.82, 2.24) is 4.90 Å². The van der Waals surface area contributed by atoms with Crippen LogP contribution in [0.1, 0.15) is 10.4 Å². The summed E-state index contributed by atoms with van der Waals surface area (Å²) in [6.07, 6.45) is 0. The van der Waals surface area contributed by atoms with Gasteiger partial charge >= 0.3 is 0 Å². The van der Waals surface area contributed by atoms with Crippen LogP contribution in [0.25, 0.3) is 0 Å². The number of ether oxygens (including phenoxy) is 1. The molecule has 2 aromatic rings. The average molecular weight is 399 g/mol. The van der Waals surface area contributed by atoms with Crippen molar-refractivity contribution in [2.45, 2.75) is 9.79 Å². The molecule has 26 heavy (non-hydrogen) atoms. The highest BCUT2D eigenvalue weighted by atomic mass is 35.5. The molecule has 0 aliphatic carbocycles. The molecular formula is C17H16ClFN2O4S. The van der Waals surface area contributed by atoms with Crippen LogP contribution in [-0.4, -0.2) is 43.1 Å². The highest BCUT2D eigenvalue weighted by Gasteiger charge is 2.20. The number of nitro groups is 1. The number of carbonyl (C=O) groups is 1. The van der Waals surface area contributed by atoms with Crippen molar-refractivity contribution in [3.05, 3.63) is 57.1 Å². The van der Waals surface area contributed by atoms with E-state index in [4.69, 9.17) is 16.3 Å². The molecule has 0 saturated heterocycles. The minimum Gasteiger partial charge on any atom is -0.491 e. The van der Waals surface area contributed by atoms with Gasteiger partial charge in [0.05, 0.1) is 15.4 Å². The van der Waals surface area contributed by atoms with Crippen molar-refractivity contribution in [3.63, 3.8) is 0 Å². The van der Waals surface area contributed by atoms with Crippen LogP contribution in [0.4, 0.5) is 10.1 Å². The van der Waals surface area contributed by atoms with Crippen molar-refractivity contribution < 1.29 is 18.8 Å². The van der Waals surface area contributed by atoms with Gasteiger partial charge in [-0.05, 0) is 30.3 Å². The van der Waals surface area contributed by atoms with Crippen molar-refractivity contribution >= 4 is 35.0 Å². The Kier molecular flexibility index (Phi) is 6.82. The zero-order valence-electron chi connectivity index (χ0n) is 14.1. The van der Waals surface area contributed by atoms with E-state index in [1.807, 2.05) is 0 Å². The Morgan fingerprint density at radius 3 is 2.58 bits per heavy atom. The minimum atomic E-state index is -0.648. The molecule has 2 rings (SSSR count). The van der Waals surface area contributed by atoms with Crippen molar-refractivity contribution in [2.24, 2.45) is 0 Å². The zero-order chi connectivity index (χ0) is 19.3. The van der Waals surface area contributed by atoms with E-state index in [1.165, 1.54) is 23.1 Å². The molecule has 0 atom stereocenters. The van der Waals surface area contributed by atoms with Gasteiger partial charge < -0.3 is 9.64 Å². The Morgan fingerprint density at radius 2 is 1.96 bits per heavy atom. The molecule has 1 amide bonds. The van der Waals surface area contributed by atoms with Gasteiger partial charge in [-0.2, -0.15) is 0 Å². The maximum Gasteiger partial charge on any atom is 0.284 e. The average Bonchev–Trinajstić information content (AvgIpc) is 2.61. The molecule has 0 N–H and O–H groups in total. The second-order valence-electron chi connectivity index (χ2n) is 5.37. The molecule has 0 radical (unpaired) electrons. The third kappa shape index (κ3) is 4.86. The number of amides is 1. The molecule has 0 aromatic heterocycles. The van der Waals surface area contributed by atoms with Crippen molar-refractivity contribution in [1.29, 1.82) is 0 Å². The van der Waals surface area contributed by atoms with Crippen LogP contribution in [-0.2, 0) is 0 Å². The van der Waals surface area contributed by atoms with Gasteiger partial charge in [0.25, 0.3) is 11.6 Å². The summed E-state index contributed by atoms with van der Waals surface area (Å²) >= 11 is 6.91. The zero-order valence-corrected chi connectivity index (χ0v) is 15.6. The molecule has 0 fully saturated rings. The summed E-state index contributed by atoms with van der Waals surface area (Å²) in [5.41, 5.74) is 0.157. The van der Waals surface area contributed by atoms with Crippen LogP contribution in [0.2, 0.25) is 5.02 Å². The van der Waals surface area contributed by atoms with Gasteiger partial charge in [0, 0.05) is 30.1 Å². The van der Waals surface area contributed by atoms with E-state index in [2.05, 4.69) is 0 Å². The smallest absolute Gasteiger partial charge is 0.284 e. The summed E-state index contributed by atoms with van der Waals surface area (Å²) in [5.74, 6) is 0.0534. The summed E-state index contributed by atoms with van der Waals surface area (Å²) in [7, 11) is 3.19. The quantitative estimate of drug-likeness (QED) is 0.509. The SMILES string of the molecule is CN(C)C(=O)c1cc(OCCF)ccc1Sc1ccc(Cl)cc1[N+](=O)[O-]. The Hall–Kier alpha value is -2.32. The summed E-state index contributed by atoms with van der Waals surface area (Å²) in [5, 5.41) is 11.5. The number of nitrogens with zero attached hydrogens (tertiary/aromatic N) is 2. The predicted molar refractivity (Wildman–Crippen MR) is 98.2 cm³/mol. The molecule has 0 aliphatic rings. The van der Waals surface area contributed by atoms with Crippen LogP contribution in [0.5, 0.6) is 5.75 Å². The molecular weight excluding hydrogens is 383 g/mol. The molecule has 0 saturated carbocycles. The largest absolute Gasteiger partial charge is 0.491 e. The Labute approximate surface area is 159 Å². The summed E-state index contributed by atoms with van der Waals surface area (Å²) in [6.45, 7) is -0.769. The first-order valence-electron chi connectivity index (χ1n) is 7.49. The Balaban J connectivity index is 2.45. The predicted octanol–water partition coefficient (Wildman–Crippen LogP) is 4.45. The van der Waals surface area contributed by atoms with Gasteiger partial charge in [0.1, 0.15) is 19.0 Å². The van der Waals surface area contributed by atoms with Gasteiger partial charge in [-0.25, -0.2) is 4.39 Å². The first-order chi connectivity index (χ1) is 12.3. The molecule has 0 aliphatic heterocycles. The van der Waals surface area contributed by atoms with Crippen LogP contribution < -0.4 is 4.74 Å². The topological polar surface area (TPSA) is 72.7 Å². The third-order valence-corrected chi connectivity index (χ3v) is 4.65. The van der Waals surface area contributed by atoms with E-state index in [-0.39, 0.29) is 23.2 Å². The molecule has 0 spiro atoms. The molecule has 0 unspecified atom stereocenters. The van der Waals surface area contributed by atoms with Crippen molar-refractivity contribution in [3.8, 4) is 5.75 Å². The lowest BCUT2D eigenvalue weighted by Gasteiger charge is -2.15. The van der Waals surface area contributed by atoms with Gasteiger partial charge in [0.2, 0.25) is 0 Å². The van der Waals surface area contributed by atoms with Crippen LogP contribution >= 0.6 is 23.4 Å². The monoisotopic (exact) mass is 398 g/mol. The lowest BCUT2D eigenvalue weighted by molar-refractivity contribution is -0.387.